The molecule has 0 fully saturated rings. The first-order chi connectivity index (χ1) is 10.5. The van der Waals surface area contributed by atoms with E-state index in [0.29, 0.717) is 36.8 Å². The molecule has 0 aliphatic rings. The van der Waals surface area contributed by atoms with E-state index in [4.69, 9.17) is 28.3 Å². The highest BCUT2D eigenvalue weighted by Crippen LogP contribution is 2.31. The number of hydrogen-bond acceptors (Lipinski definition) is 4. The summed E-state index contributed by atoms with van der Waals surface area (Å²) in [7, 11) is 0. The lowest BCUT2D eigenvalue weighted by molar-refractivity contribution is 0.299. The van der Waals surface area contributed by atoms with Crippen LogP contribution in [0.1, 0.15) is 5.56 Å². The summed E-state index contributed by atoms with van der Waals surface area (Å²) in [6, 6.07) is 6.81. The van der Waals surface area contributed by atoms with Gasteiger partial charge in [-0.25, -0.2) is 0 Å². The van der Waals surface area contributed by atoms with Crippen molar-refractivity contribution in [3.05, 3.63) is 43.4 Å². The second kappa shape index (κ2) is 6.19. The minimum atomic E-state index is 0.0278. The number of phenols is 1. The van der Waals surface area contributed by atoms with Gasteiger partial charge in [-0.3, -0.25) is 0 Å². The summed E-state index contributed by atoms with van der Waals surface area (Å²) in [5.41, 5.74) is 2.49. The van der Waals surface area contributed by atoms with Gasteiger partial charge in [-0.2, -0.15) is 0 Å². The van der Waals surface area contributed by atoms with Crippen LogP contribution in [0.25, 0.3) is 16.7 Å². The maximum absolute atomic E-state index is 10.3. The minimum Gasteiger partial charge on any atom is -0.505 e. The summed E-state index contributed by atoms with van der Waals surface area (Å²) in [5, 5.41) is 28.8. The Labute approximate surface area is 149 Å². The molecule has 0 aliphatic heterocycles. The predicted molar refractivity (Wildman–Crippen MR) is 94.1 cm³/mol. The van der Waals surface area contributed by atoms with Crippen molar-refractivity contribution in [2.24, 2.45) is 0 Å². The number of hydrogen-bond donors (Lipinski definition) is 2. The molecular weight excluding hydrogens is 440 g/mol. The van der Waals surface area contributed by atoms with E-state index in [1.54, 1.807) is 18.2 Å². The molecule has 0 saturated heterocycles. The van der Waals surface area contributed by atoms with Gasteiger partial charge in [0.15, 0.2) is 5.75 Å². The van der Waals surface area contributed by atoms with Crippen molar-refractivity contribution in [3.63, 3.8) is 0 Å². The number of aliphatic hydroxyl groups is 1. The number of rotatable bonds is 3. The number of aromatic nitrogens is 3. The summed E-state index contributed by atoms with van der Waals surface area (Å²) in [6.07, 6.45) is 0.488. The van der Waals surface area contributed by atoms with Gasteiger partial charge >= 0.3 is 0 Å². The number of halogens is 3. The highest BCUT2D eigenvalue weighted by atomic mass is 127. The molecule has 1 aromatic heterocycles. The van der Waals surface area contributed by atoms with Crippen LogP contribution >= 0.6 is 45.8 Å². The molecule has 0 atom stereocenters. The fourth-order valence-corrected chi connectivity index (χ4v) is 3.08. The number of benzene rings is 2. The highest BCUT2D eigenvalue weighted by Gasteiger charge is 2.14. The third kappa shape index (κ3) is 2.88. The van der Waals surface area contributed by atoms with E-state index in [0.717, 1.165) is 5.56 Å². The molecule has 5 nitrogen and oxygen atoms in total. The fraction of sp³-hybridized carbons (Fsp3) is 0.143. The summed E-state index contributed by atoms with van der Waals surface area (Å²) in [4.78, 5) is 1.34. The summed E-state index contributed by atoms with van der Waals surface area (Å²) in [6.45, 7) is 0.0278. The van der Waals surface area contributed by atoms with Crippen LogP contribution in [0.5, 0.6) is 5.75 Å². The van der Waals surface area contributed by atoms with Crippen molar-refractivity contribution in [1.82, 2.24) is 15.0 Å². The molecule has 8 heteroatoms. The van der Waals surface area contributed by atoms with Crippen LogP contribution in [0.2, 0.25) is 10.0 Å². The molecule has 0 amide bonds. The monoisotopic (exact) mass is 449 g/mol. The smallest absolute Gasteiger partial charge is 0.156 e. The third-order valence-electron chi connectivity index (χ3n) is 3.14. The third-order valence-corrected chi connectivity index (χ3v) is 4.69. The van der Waals surface area contributed by atoms with E-state index in [9.17, 15) is 5.11 Å². The molecule has 1 heterocycles. The molecule has 3 rings (SSSR count). The molecule has 0 spiro atoms. The number of nitrogens with zero attached hydrogens (tertiary/aromatic N) is 3. The Hall–Kier alpha value is -1.09. The second-order valence-electron chi connectivity index (χ2n) is 4.66. The first kappa shape index (κ1) is 15.8. The largest absolute Gasteiger partial charge is 0.505 e. The molecule has 3 aromatic rings. The van der Waals surface area contributed by atoms with E-state index in [2.05, 4.69) is 10.2 Å². The summed E-state index contributed by atoms with van der Waals surface area (Å²) in [5.74, 6) is 0.0831. The predicted octanol–water partition coefficient (Wildman–Crippen LogP) is 3.57. The average molecular weight is 450 g/mol. The molecule has 0 aliphatic carbocycles. The van der Waals surface area contributed by atoms with Crippen LogP contribution in [0, 0.1) is 3.57 Å². The van der Waals surface area contributed by atoms with E-state index < -0.39 is 0 Å². The normalized spacial score (nSPS) is 11.3. The first-order valence-electron chi connectivity index (χ1n) is 6.34. The Morgan fingerprint density at radius 1 is 1.05 bits per heavy atom. The molecule has 0 radical (unpaired) electrons. The van der Waals surface area contributed by atoms with E-state index in [1.807, 2.05) is 28.7 Å². The highest BCUT2D eigenvalue weighted by molar-refractivity contribution is 14.1. The SMILES string of the molecule is OCCc1cc(I)c(O)c(-n2nc3cc(Cl)c(Cl)cc3n2)c1. The van der Waals surface area contributed by atoms with Crippen LogP contribution in [-0.2, 0) is 6.42 Å². The van der Waals surface area contributed by atoms with Crippen molar-refractivity contribution in [2.45, 2.75) is 6.42 Å². The van der Waals surface area contributed by atoms with Gasteiger partial charge in [0.1, 0.15) is 16.7 Å². The fourth-order valence-electron chi connectivity index (χ4n) is 2.09. The molecule has 0 bridgehead atoms. The van der Waals surface area contributed by atoms with Crippen LogP contribution in [0.3, 0.4) is 0 Å². The lowest BCUT2D eigenvalue weighted by Gasteiger charge is -2.08. The van der Waals surface area contributed by atoms with E-state index in [-0.39, 0.29) is 12.4 Å². The van der Waals surface area contributed by atoms with Crippen molar-refractivity contribution in [2.75, 3.05) is 6.61 Å². The number of phenolic OH excluding ortho intramolecular Hbond substituents is 1. The number of aromatic hydroxyl groups is 1. The maximum atomic E-state index is 10.3. The van der Waals surface area contributed by atoms with Gasteiger partial charge in [-0.1, -0.05) is 23.2 Å². The van der Waals surface area contributed by atoms with Gasteiger partial charge in [0.25, 0.3) is 0 Å². The van der Waals surface area contributed by atoms with E-state index in [1.165, 1.54) is 4.80 Å². The lowest BCUT2D eigenvalue weighted by atomic mass is 10.1. The van der Waals surface area contributed by atoms with Crippen molar-refractivity contribution >= 4 is 56.8 Å². The minimum absolute atomic E-state index is 0.0278. The Morgan fingerprint density at radius 2 is 1.64 bits per heavy atom. The molecule has 22 heavy (non-hydrogen) atoms. The Bertz CT molecular complexity index is 828. The molecule has 0 unspecified atom stereocenters. The van der Waals surface area contributed by atoms with Crippen LogP contribution in [0.4, 0.5) is 0 Å². The van der Waals surface area contributed by atoms with Gasteiger partial charge in [-0.05, 0) is 58.8 Å². The molecule has 2 aromatic carbocycles. The zero-order valence-electron chi connectivity index (χ0n) is 11.1. The first-order valence-corrected chi connectivity index (χ1v) is 8.18. The van der Waals surface area contributed by atoms with Crippen LogP contribution < -0.4 is 0 Å². The zero-order valence-corrected chi connectivity index (χ0v) is 14.8. The van der Waals surface area contributed by atoms with Gasteiger partial charge < -0.3 is 10.2 Å². The number of aliphatic hydroxyl groups excluding tert-OH is 1. The van der Waals surface area contributed by atoms with Gasteiger partial charge in [0.05, 0.1) is 13.6 Å². The quantitative estimate of drug-likeness (QED) is 0.599. The molecule has 114 valence electrons. The van der Waals surface area contributed by atoms with Crippen molar-refractivity contribution in [1.29, 1.82) is 0 Å². The molecule has 2 N–H and O–H groups in total. The molecule has 0 saturated carbocycles. The average Bonchev–Trinajstić information content (AvgIpc) is 2.86. The van der Waals surface area contributed by atoms with Crippen LogP contribution in [-0.4, -0.2) is 31.8 Å². The standard InChI is InChI=1S/C14H10Cl2IN3O2/c15-8-5-11-12(6-9(8)16)19-20(18-11)13-4-7(1-2-21)3-10(17)14(13)22/h3-6,21-22H,1-2H2. The van der Waals surface area contributed by atoms with Crippen molar-refractivity contribution in [3.8, 4) is 11.4 Å². The Balaban J connectivity index is 2.18. The zero-order chi connectivity index (χ0) is 15.9. The van der Waals surface area contributed by atoms with Gasteiger partial charge in [0.2, 0.25) is 0 Å². The van der Waals surface area contributed by atoms with E-state index >= 15 is 0 Å². The van der Waals surface area contributed by atoms with Gasteiger partial charge in [-0.15, -0.1) is 15.0 Å². The summed E-state index contributed by atoms with van der Waals surface area (Å²) >= 11 is 14.0. The van der Waals surface area contributed by atoms with Crippen molar-refractivity contribution < 1.29 is 10.2 Å². The Kier molecular flexibility index (Phi) is 4.44. The van der Waals surface area contributed by atoms with Crippen LogP contribution in [0.15, 0.2) is 24.3 Å². The number of fused-ring (bicyclic) bond motifs is 1. The maximum Gasteiger partial charge on any atom is 0.156 e. The topological polar surface area (TPSA) is 71.2 Å². The molecular formula is C14H10Cl2IN3O2. The van der Waals surface area contributed by atoms with Gasteiger partial charge in [0, 0.05) is 6.61 Å². The summed E-state index contributed by atoms with van der Waals surface area (Å²) < 4.78 is 0.663. The Morgan fingerprint density at radius 3 is 2.18 bits per heavy atom. The lowest BCUT2D eigenvalue weighted by Crippen LogP contribution is -2.02. The second-order valence-corrected chi connectivity index (χ2v) is 6.64.